The molecule has 0 aliphatic heterocycles. The topological polar surface area (TPSA) is 127 Å². The molecule has 1 aromatic carbocycles. The molecule has 144 valence electrons. The predicted molar refractivity (Wildman–Crippen MR) is 99.3 cm³/mol. The lowest BCUT2D eigenvalue weighted by molar-refractivity contribution is 0.0941. The first-order chi connectivity index (χ1) is 13.5. The van der Waals surface area contributed by atoms with E-state index < -0.39 is 17.5 Å². The fourth-order valence-electron chi connectivity index (χ4n) is 2.47. The molecular formula is C19H18N4O5. The van der Waals surface area contributed by atoms with Crippen LogP contribution in [0, 0.1) is 0 Å². The molecule has 0 atom stereocenters. The highest BCUT2D eigenvalue weighted by Gasteiger charge is 2.21. The Morgan fingerprint density at radius 3 is 2.61 bits per heavy atom. The van der Waals surface area contributed by atoms with Gasteiger partial charge in [-0.1, -0.05) is 6.07 Å². The van der Waals surface area contributed by atoms with Gasteiger partial charge >= 0.3 is 0 Å². The molecule has 9 heteroatoms. The van der Waals surface area contributed by atoms with Crippen LogP contribution in [0.5, 0.6) is 23.1 Å². The van der Waals surface area contributed by atoms with Crippen LogP contribution in [0.4, 0.5) is 0 Å². The van der Waals surface area contributed by atoms with Gasteiger partial charge in [-0.25, -0.2) is 4.98 Å². The summed E-state index contributed by atoms with van der Waals surface area (Å²) in [6.45, 7) is 0.106. The van der Waals surface area contributed by atoms with Crippen LogP contribution in [0.2, 0.25) is 0 Å². The van der Waals surface area contributed by atoms with Crippen molar-refractivity contribution in [1.29, 1.82) is 0 Å². The van der Waals surface area contributed by atoms with Crippen molar-refractivity contribution in [3.63, 3.8) is 0 Å². The number of amides is 1. The minimum Gasteiger partial charge on any atom is -0.501 e. The minimum absolute atomic E-state index is 0.0167. The quantitative estimate of drug-likeness (QED) is 0.590. The maximum Gasteiger partial charge on any atom is 0.274 e. The number of aromatic nitrogens is 3. The fourth-order valence-corrected chi connectivity index (χ4v) is 2.47. The van der Waals surface area contributed by atoms with Gasteiger partial charge in [0.25, 0.3) is 11.8 Å². The average Bonchev–Trinajstić information content (AvgIpc) is 2.74. The Morgan fingerprint density at radius 1 is 1.11 bits per heavy atom. The molecule has 28 heavy (non-hydrogen) atoms. The molecule has 9 nitrogen and oxygen atoms in total. The molecular weight excluding hydrogens is 364 g/mol. The number of hydrogen-bond acceptors (Lipinski definition) is 8. The summed E-state index contributed by atoms with van der Waals surface area (Å²) in [6.07, 6.45) is 1.53. The number of pyridine rings is 1. The SMILES string of the molecule is COc1ccc(CNC(=O)c2nc(-c3ccccn3)nc(O)c2O)c(OC)c1. The summed E-state index contributed by atoms with van der Waals surface area (Å²) in [6, 6.07) is 10.2. The molecule has 3 aromatic rings. The van der Waals surface area contributed by atoms with Crippen molar-refractivity contribution < 1.29 is 24.5 Å². The zero-order chi connectivity index (χ0) is 20.1. The van der Waals surface area contributed by atoms with Crippen LogP contribution in [0.1, 0.15) is 16.1 Å². The standard InChI is InChI=1S/C19H18N4O5/c1-27-12-7-6-11(14(9-12)28-2)10-21-18(25)15-16(24)19(26)23-17(22-15)13-5-3-4-8-20-13/h3-9,24H,10H2,1-2H3,(H,21,25)(H,22,23,26). The molecule has 2 heterocycles. The molecule has 3 rings (SSSR count). The van der Waals surface area contributed by atoms with Crippen LogP contribution in [0.3, 0.4) is 0 Å². The average molecular weight is 382 g/mol. The Hall–Kier alpha value is -3.88. The van der Waals surface area contributed by atoms with Crippen molar-refractivity contribution in [2.75, 3.05) is 14.2 Å². The van der Waals surface area contributed by atoms with Crippen molar-refractivity contribution in [3.05, 3.63) is 53.9 Å². The number of ether oxygens (including phenoxy) is 2. The first-order valence-electron chi connectivity index (χ1n) is 8.24. The minimum atomic E-state index is -0.709. The molecule has 2 aromatic heterocycles. The number of nitrogens with zero attached hydrogens (tertiary/aromatic N) is 3. The smallest absolute Gasteiger partial charge is 0.274 e. The number of nitrogens with one attached hydrogen (secondary N) is 1. The molecule has 0 spiro atoms. The third kappa shape index (κ3) is 3.93. The Morgan fingerprint density at radius 2 is 1.93 bits per heavy atom. The summed E-state index contributed by atoms with van der Waals surface area (Å²) in [5.74, 6) is -0.941. The lowest BCUT2D eigenvalue weighted by Crippen LogP contribution is -2.24. The van der Waals surface area contributed by atoms with Crippen molar-refractivity contribution in [1.82, 2.24) is 20.3 Å². The van der Waals surface area contributed by atoms with Crippen LogP contribution < -0.4 is 14.8 Å². The summed E-state index contributed by atoms with van der Waals surface area (Å²) < 4.78 is 10.4. The number of aromatic hydroxyl groups is 2. The summed E-state index contributed by atoms with van der Waals surface area (Å²) in [5, 5.41) is 22.5. The van der Waals surface area contributed by atoms with Crippen LogP contribution in [0.15, 0.2) is 42.6 Å². The Kier molecular flexibility index (Phi) is 5.54. The molecule has 0 saturated carbocycles. The van der Waals surface area contributed by atoms with E-state index in [1.807, 2.05) is 0 Å². The zero-order valence-corrected chi connectivity index (χ0v) is 15.2. The van der Waals surface area contributed by atoms with Crippen molar-refractivity contribution >= 4 is 5.91 Å². The van der Waals surface area contributed by atoms with Gasteiger partial charge < -0.3 is 25.0 Å². The molecule has 0 fully saturated rings. The molecule has 3 N–H and O–H groups in total. The highest BCUT2D eigenvalue weighted by atomic mass is 16.5. The lowest BCUT2D eigenvalue weighted by Gasteiger charge is -2.12. The second-order valence-corrected chi connectivity index (χ2v) is 5.64. The van der Waals surface area contributed by atoms with E-state index in [0.717, 1.165) is 0 Å². The molecule has 0 bridgehead atoms. The van der Waals surface area contributed by atoms with Crippen LogP contribution >= 0.6 is 0 Å². The monoisotopic (exact) mass is 382 g/mol. The van der Waals surface area contributed by atoms with Gasteiger partial charge in [-0.2, -0.15) is 4.98 Å². The van der Waals surface area contributed by atoms with Gasteiger partial charge in [0.1, 0.15) is 17.2 Å². The third-order valence-corrected chi connectivity index (χ3v) is 3.91. The first-order valence-corrected chi connectivity index (χ1v) is 8.24. The molecule has 0 unspecified atom stereocenters. The third-order valence-electron chi connectivity index (χ3n) is 3.91. The molecule has 0 aliphatic rings. The van der Waals surface area contributed by atoms with E-state index >= 15 is 0 Å². The number of carbonyl (C=O) groups excluding carboxylic acids is 1. The normalized spacial score (nSPS) is 10.4. The lowest BCUT2D eigenvalue weighted by atomic mass is 10.2. The Balaban J connectivity index is 1.84. The van der Waals surface area contributed by atoms with E-state index in [9.17, 15) is 15.0 Å². The van der Waals surface area contributed by atoms with Crippen LogP contribution in [-0.4, -0.2) is 45.3 Å². The molecule has 0 radical (unpaired) electrons. The van der Waals surface area contributed by atoms with Gasteiger partial charge in [0.15, 0.2) is 11.5 Å². The summed E-state index contributed by atoms with van der Waals surface area (Å²) >= 11 is 0. The summed E-state index contributed by atoms with van der Waals surface area (Å²) in [5.41, 5.74) is 0.684. The van der Waals surface area contributed by atoms with Gasteiger partial charge in [0, 0.05) is 24.4 Å². The number of rotatable bonds is 6. The first kappa shape index (κ1) is 18.9. The zero-order valence-electron chi connectivity index (χ0n) is 15.2. The number of benzene rings is 1. The van der Waals surface area contributed by atoms with Gasteiger partial charge in [-0.3, -0.25) is 9.78 Å². The Labute approximate surface area is 160 Å². The molecule has 0 aliphatic carbocycles. The van der Waals surface area contributed by atoms with E-state index in [0.29, 0.717) is 22.8 Å². The maximum absolute atomic E-state index is 12.5. The number of carbonyl (C=O) groups is 1. The summed E-state index contributed by atoms with van der Waals surface area (Å²) in [7, 11) is 3.05. The maximum atomic E-state index is 12.5. The van der Waals surface area contributed by atoms with Crippen molar-refractivity contribution in [2.24, 2.45) is 0 Å². The van der Waals surface area contributed by atoms with E-state index in [4.69, 9.17) is 9.47 Å². The van der Waals surface area contributed by atoms with E-state index in [2.05, 4.69) is 20.3 Å². The molecule has 1 amide bonds. The predicted octanol–water partition coefficient (Wildman–Crippen LogP) is 1.90. The largest absolute Gasteiger partial charge is 0.501 e. The number of hydrogen-bond donors (Lipinski definition) is 3. The number of methoxy groups -OCH3 is 2. The Bertz CT molecular complexity index is 995. The van der Waals surface area contributed by atoms with E-state index in [-0.39, 0.29) is 18.1 Å². The van der Waals surface area contributed by atoms with Gasteiger partial charge in [-0.05, 0) is 24.3 Å². The van der Waals surface area contributed by atoms with E-state index in [1.54, 1.807) is 43.5 Å². The van der Waals surface area contributed by atoms with Gasteiger partial charge in [-0.15, -0.1) is 0 Å². The highest BCUT2D eigenvalue weighted by molar-refractivity contribution is 5.95. The second-order valence-electron chi connectivity index (χ2n) is 5.64. The van der Waals surface area contributed by atoms with E-state index in [1.165, 1.54) is 13.3 Å². The molecule has 0 saturated heterocycles. The summed E-state index contributed by atoms with van der Waals surface area (Å²) in [4.78, 5) is 24.4. The second kappa shape index (κ2) is 8.21. The van der Waals surface area contributed by atoms with Gasteiger partial charge in [0.05, 0.1) is 14.2 Å². The van der Waals surface area contributed by atoms with Crippen LogP contribution in [-0.2, 0) is 6.54 Å². The highest BCUT2D eigenvalue weighted by Crippen LogP contribution is 2.28. The van der Waals surface area contributed by atoms with Crippen molar-refractivity contribution in [2.45, 2.75) is 6.54 Å². The van der Waals surface area contributed by atoms with Gasteiger partial charge in [0.2, 0.25) is 5.75 Å². The van der Waals surface area contributed by atoms with Crippen LogP contribution in [0.25, 0.3) is 11.5 Å². The van der Waals surface area contributed by atoms with Crippen molar-refractivity contribution in [3.8, 4) is 34.6 Å². The fraction of sp³-hybridized carbons (Fsp3) is 0.158.